The Balaban J connectivity index is 2.51. The number of hydrogen-bond acceptors (Lipinski definition) is 3. The van der Waals surface area contributed by atoms with E-state index in [4.69, 9.17) is 10.2 Å². The van der Waals surface area contributed by atoms with Crippen LogP contribution in [0.25, 0.3) is 11.0 Å². The van der Waals surface area contributed by atoms with Gasteiger partial charge in [0, 0.05) is 23.0 Å². The van der Waals surface area contributed by atoms with Gasteiger partial charge in [-0.1, -0.05) is 12.1 Å². The molecular weight excluding hydrogens is 252 g/mol. The Kier molecular flexibility index (Phi) is 3.61. The molecule has 0 aliphatic rings. The van der Waals surface area contributed by atoms with E-state index in [9.17, 15) is 4.79 Å². The number of hydrogen-bond donors (Lipinski definition) is 2. The van der Waals surface area contributed by atoms with E-state index in [0.29, 0.717) is 12.3 Å². The van der Waals surface area contributed by atoms with Crippen molar-refractivity contribution >= 4 is 16.9 Å². The van der Waals surface area contributed by atoms with Gasteiger partial charge >= 0.3 is 0 Å². The molecule has 3 N–H and O–H groups in total. The molecule has 1 amide bonds. The molecule has 0 unspecified atom stereocenters. The third kappa shape index (κ3) is 2.43. The summed E-state index contributed by atoms with van der Waals surface area (Å²) in [6.07, 6.45) is 0. The standard InChI is InChI=1S/C16H22N2O2/c1-9-6-7-10(2)13-12(9)11(3)14(20-13)15(19)18-16(4,5)8-17/h6-7H,8,17H2,1-5H3,(H,18,19). The molecule has 0 bridgehead atoms. The van der Waals surface area contributed by atoms with Gasteiger partial charge in [-0.05, 0) is 45.7 Å². The van der Waals surface area contributed by atoms with Crippen molar-refractivity contribution in [2.45, 2.75) is 40.2 Å². The number of benzene rings is 1. The minimum Gasteiger partial charge on any atom is -0.450 e. The Bertz CT molecular complexity index is 669. The summed E-state index contributed by atoms with van der Waals surface area (Å²) in [5, 5.41) is 3.93. The van der Waals surface area contributed by atoms with Crippen LogP contribution in [-0.2, 0) is 0 Å². The van der Waals surface area contributed by atoms with Crippen LogP contribution in [0.2, 0.25) is 0 Å². The topological polar surface area (TPSA) is 68.3 Å². The highest BCUT2D eigenvalue weighted by Gasteiger charge is 2.25. The van der Waals surface area contributed by atoms with Crippen molar-refractivity contribution in [2.75, 3.05) is 6.54 Å². The molecule has 0 atom stereocenters. The predicted molar refractivity (Wildman–Crippen MR) is 81.0 cm³/mol. The highest BCUT2D eigenvalue weighted by Crippen LogP contribution is 2.30. The van der Waals surface area contributed by atoms with Gasteiger partial charge in [0.15, 0.2) is 5.76 Å². The lowest BCUT2D eigenvalue weighted by Gasteiger charge is -2.23. The smallest absolute Gasteiger partial charge is 0.287 e. The van der Waals surface area contributed by atoms with E-state index in [1.807, 2.05) is 46.8 Å². The molecular formula is C16H22N2O2. The third-order valence-electron chi connectivity index (χ3n) is 3.65. The Morgan fingerprint density at radius 2 is 1.85 bits per heavy atom. The molecule has 20 heavy (non-hydrogen) atoms. The number of rotatable bonds is 3. The molecule has 0 spiro atoms. The number of amides is 1. The summed E-state index contributed by atoms with van der Waals surface area (Å²) in [5.74, 6) is 0.159. The molecule has 4 heteroatoms. The molecule has 1 aromatic heterocycles. The summed E-state index contributed by atoms with van der Waals surface area (Å²) in [6, 6.07) is 4.05. The Morgan fingerprint density at radius 1 is 1.25 bits per heavy atom. The van der Waals surface area contributed by atoms with E-state index >= 15 is 0 Å². The molecule has 2 rings (SSSR count). The summed E-state index contributed by atoms with van der Waals surface area (Å²) < 4.78 is 5.81. The van der Waals surface area contributed by atoms with Crippen molar-refractivity contribution < 1.29 is 9.21 Å². The van der Waals surface area contributed by atoms with Crippen LogP contribution in [0, 0.1) is 20.8 Å². The SMILES string of the molecule is Cc1ccc(C)c2c(C)c(C(=O)NC(C)(C)CN)oc12. The zero-order valence-corrected chi connectivity index (χ0v) is 12.8. The van der Waals surface area contributed by atoms with Gasteiger partial charge < -0.3 is 15.5 Å². The normalized spacial score (nSPS) is 11.9. The van der Waals surface area contributed by atoms with Gasteiger partial charge in [0.05, 0.1) is 0 Å². The minimum absolute atomic E-state index is 0.215. The van der Waals surface area contributed by atoms with Crippen LogP contribution in [0.1, 0.15) is 41.1 Å². The lowest BCUT2D eigenvalue weighted by Crippen LogP contribution is -2.48. The fourth-order valence-corrected chi connectivity index (χ4v) is 2.31. The molecule has 2 aromatic rings. The largest absolute Gasteiger partial charge is 0.450 e. The summed E-state index contributed by atoms with van der Waals surface area (Å²) in [6.45, 7) is 10.1. The van der Waals surface area contributed by atoms with Crippen molar-refractivity contribution in [3.8, 4) is 0 Å². The number of nitrogens with two attached hydrogens (primary N) is 1. The molecule has 0 aliphatic heterocycles. The second-order valence-corrected chi connectivity index (χ2v) is 6.00. The molecule has 0 fully saturated rings. The molecule has 1 aromatic carbocycles. The number of carbonyl (C=O) groups is 1. The lowest BCUT2D eigenvalue weighted by atomic mass is 10.0. The van der Waals surface area contributed by atoms with Gasteiger partial charge in [0.1, 0.15) is 5.58 Å². The number of carbonyl (C=O) groups excluding carboxylic acids is 1. The summed E-state index contributed by atoms with van der Waals surface area (Å²) in [4.78, 5) is 12.4. The van der Waals surface area contributed by atoms with Gasteiger partial charge in [-0.2, -0.15) is 0 Å². The van der Waals surface area contributed by atoms with E-state index < -0.39 is 5.54 Å². The van der Waals surface area contributed by atoms with Gasteiger partial charge in [0.25, 0.3) is 5.91 Å². The second-order valence-electron chi connectivity index (χ2n) is 6.00. The van der Waals surface area contributed by atoms with E-state index in [1.54, 1.807) is 0 Å². The molecule has 0 saturated heterocycles. The van der Waals surface area contributed by atoms with Gasteiger partial charge in [-0.25, -0.2) is 0 Å². The number of aryl methyl sites for hydroxylation is 3. The monoisotopic (exact) mass is 274 g/mol. The van der Waals surface area contributed by atoms with Crippen LogP contribution in [-0.4, -0.2) is 18.0 Å². The molecule has 4 nitrogen and oxygen atoms in total. The van der Waals surface area contributed by atoms with Crippen LogP contribution >= 0.6 is 0 Å². The molecule has 0 saturated carbocycles. The Hall–Kier alpha value is -1.81. The summed E-state index contributed by atoms with van der Waals surface area (Å²) in [5.41, 5.74) is 9.02. The maximum absolute atomic E-state index is 12.4. The highest BCUT2D eigenvalue weighted by molar-refractivity contribution is 6.00. The maximum atomic E-state index is 12.4. The van der Waals surface area contributed by atoms with E-state index in [2.05, 4.69) is 5.32 Å². The highest BCUT2D eigenvalue weighted by atomic mass is 16.3. The minimum atomic E-state index is -0.452. The van der Waals surface area contributed by atoms with Crippen LogP contribution in [0.5, 0.6) is 0 Å². The van der Waals surface area contributed by atoms with Gasteiger partial charge in [-0.3, -0.25) is 4.79 Å². The summed E-state index contributed by atoms with van der Waals surface area (Å²) in [7, 11) is 0. The van der Waals surface area contributed by atoms with Crippen molar-refractivity contribution in [1.82, 2.24) is 5.32 Å². The molecule has 0 radical (unpaired) electrons. The maximum Gasteiger partial charge on any atom is 0.287 e. The zero-order chi connectivity index (χ0) is 15.1. The van der Waals surface area contributed by atoms with Gasteiger partial charge in [0.2, 0.25) is 0 Å². The summed E-state index contributed by atoms with van der Waals surface area (Å²) >= 11 is 0. The fraction of sp³-hybridized carbons (Fsp3) is 0.438. The second kappa shape index (κ2) is 4.94. The van der Waals surface area contributed by atoms with Crippen LogP contribution in [0.4, 0.5) is 0 Å². The van der Waals surface area contributed by atoms with E-state index in [-0.39, 0.29) is 5.91 Å². The number of furan rings is 1. The average molecular weight is 274 g/mol. The lowest BCUT2D eigenvalue weighted by molar-refractivity contribution is 0.0888. The third-order valence-corrected chi connectivity index (χ3v) is 3.65. The van der Waals surface area contributed by atoms with Crippen molar-refractivity contribution in [2.24, 2.45) is 5.73 Å². The van der Waals surface area contributed by atoms with Gasteiger partial charge in [-0.15, -0.1) is 0 Å². The first-order valence-corrected chi connectivity index (χ1v) is 6.78. The molecule has 108 valence electrons. The predicted octanol–water partition coefficient (Wildman–Crippen LogP) is 2.83. The zero-order valence-electron chi connectivity index (χ0n) is 12.8. The average Bonchev–Trinajstić information content (AvgIpc) is 2.73. The quantitative estimate of drug-likeness (QED) is 0.904. The van der Waals surface area contributed by atoms with Crippen LogP contribution in [0.3, 0.4) is 0 Å². The van der Waals surface area contributed by atoms with E-state index in [0.717, 1.165) is 27.7 Å². The number of nitrogens with one attached hydrogen (secondary N) is 1. The van der Waals surface area contributed by atoms with Crippen molar-refractivity contribution in [3.05, 3.63) is 34.6 Å². The van der Waals surface area contributed by atoms with Crippen LogP contribution < -0.4 is 11.1 Å². The molecule has 0 aliphatic carbocycles. The first-order valence-electron chi connectivity index (χ1n) is 6.78. The Morgan fingerprint density at radius 3 is 2.40 bits per heavy atom. The Labute approximate surface area is 119 Å². The first-order chi connectivity index (χ1) is 9.26. The first kappa shape index (κ1) is 14.6. The molecule has 1 heterocycles. The number of fused-ring (bicyclic) bond motifs is 1. The van der Waals surface area contributed by atoms with Crippen molar-refractivity contribution in [1.29, 1.82) is 0 Å². The van der Waals surface area contributed by atoms with Crippen LogP contribution in [0.15, 0.2) is 16.5 Å². The van der Waals surface area contributed by atoms with E-state index in [1.165, 1.54) is 0 Å². The fourth-order valence-electron chi connectivity index (χ4n) is 2.31. The van der Waals surface area contributed by atoms with Crippen molar-refractivity contribution in [3.63, 3.8) is 0 Å².